The zero-order valence-corrected chi connectivity index (χ0v) is 19.7. The lowest BCUT2D eigenvalue weighted by atomic mass is 9.95. The summed E-state index contributed by atoms with van der Waals surface area (Å²) in [6.07, 6.45) is 0. The first-order valence-electron chi connectivity index (χ1n) is 10.1. The maximum Gasteiger partial charge on any atom is 0.0803 e. The molecule has 2 nitrogen and oxygen atoms in total. The van der Waals surface area contributed by atoms with Gasteiger partial charge in [-0.3, -0.25) is 4.86 Å². The lowest BCUT2D eigenvalue weighted by Crippen LogP contribution is -1.93. The van der Waals surface area contributed by atoms with Crippen molar-refractivity contribution in [1.29, 1.82) is 0 Å². The molecule has 31 heavy (non-hydrogen) atoms. The van der Waals surface area contributed by atoms with Gasteiger partial charge in [0.2, 0.25) is 0 Å². The summed E-state index contributed by atoms with van der Waals surface area (Å²) >= 11 is 0. The molecule has 6 aromatic carbocycles. The van der Waals surface area contributed by atoms with E-state index in [-0.39, 0.29) is 0 Å². The standard InChI is InChI=1S/C26H19N2P3/c29-27-31-28-30-26-7-3-6-18-12-19-8-9-20-13-21-10-16-4-1-2-5-17(16)11-22(21)14-23(20)24(19)15-25(18)26/h1-15,27,31H,29H2. The van der Waals surface area contributed by atoms with E-state index < -0.39 is 0 Å². The van der Waals surface area contributed by atoms with E-state index in [1.54, 1.807) is 0 Å². The zero-order valence-electron chi connectivity index (χ0n) is 16.6. The second-order valence-electron chi connectivity index (χ2n) is 7.71. The first-order chi connectivity index (χ1) is 15.3. The monoisotopic (exact) mass is 452 g/mol. The molecule has 0 fully saturated rings. The first-order valence-corrected chi connectivity index (χ1v) is 12.5. The smallest absolute Gasteiger partial charge is 0.0803 e. The Balaban J connectivity index is 1.66. The number of nitrogens with zero attached hydrogens (tertiary/aromatic N) is 1. The lowest BCUT2D eigenvalue weighted by molar-refractivity contribution is 1.70. The summed E-state index contributed by atoms with van der Waals surface area (Å²) in [5.74, 6) is 0. The fourth-order valence-electron chi connectivity index (χ4n) is 4.45. The highest BCUT2D eigenvalue weighted by Crippen LogP contribution is 2.34. The van der Waals surface area contributed by atoms with E-state index in [0.29, 0.717) is 8.88 Å². The van der Waals surface area contributed by atoms with Crippen LogP contribution >= 0.6 is 26.6 Å². The predicted octanol–water partition coefficient (Wildman–Crippen LogP) is 8.10. The van der Waals surface area contributed by atoms with Crippen molar-refractivity contribution < 1.29 is 0 Å². The van der Waals surface area contributed by atoms with E-state index in [1.807, 2.05) is 0 Å². The summed E-state index contributed by atoms with van der Waals surface area (Å²) in [7, 11) is 3.90. The minimum Gasteiger partial charge on any atom is -0.263 e. The van der Waals surface area contributed by atoms with Crippen molar-refractivity contribution in [1.82, 2.24) is 4.86 Å². The van der Waals surface area contributed by atoms with Crippen LogP contribution in [0, 0.1) is 0 Å². The molecule has 1 N–H and O–H groups in total. The number of fused-ring (bicyclic) bond motifs is 6. The second kappa shape index (κ2) is 7.90. The van der Waals surface area contributed by atoms with E-state index in [9.17, 15) is 0 Å². The van der Waals surface area contributed by atoms with E-state index in [4.69, 9.17) is 0 Å². The molecular formula is C26H19N2P3. The molecule has 5 heteroatoms. The van der Waals surface area contributed by atoms with Crippen LogP contribution in [0.4, 0.5) is 0 Å². The van der Waals surface area contributed by atoms with Gasteiger partial charge in [0, 0.05) is 13.7 Å². The topological polar surface area (TPSA) is 24.4 Å². The SMILES string of the molecule is PNPN=Pc1cccc2cc3ccc4cc5cc6ccccc6cc5cc4c3cc12. The van der Waals surface area contributed by atoms with Crippen LogP contribution in [-0.4, -0.2) is 0 Å². The summed E-state index contributed by atoms with van der Waals surface area (Å²) in [5.41, 5.74) is 0. The Hall–Kier alpha value is -2.46. The number of hydrogen-bond acceptors (Lipinski definition) is 2. The molecule has 0 aromatic heterocycles. The third kappa shape index (κ3) is 3.41. The maximum absolute atomic E-state index is 4.59. The molecular weight excluding hydrogens is 433 g/mol. The minimum absolute atomic E-state index is 0.384. The number of rotatable bonds is 3. The largest absolute Gasteiger partial charge is 0.263 e. The van der Waals surface area contributed by atoms with Crippen molar-refractivity contribution in [3.8, 4) is 0 Å². The van der Waals surface area contributed by atoms with Crippen LogP contribution in [0.25, 0.3) is 53.9 Å². The van der Waals surface area contributed by atoms with Crippen molar-refractivity contribution in [2.24, 2.45) is 4.52 Å². The molecule has 6 aromatic rings. The molecule has 0 heterocycles. The fraction of sp³-hybridized carbons (Fsp3) is 0. The van der Waals surface area contributed by atoms with E-state index in [1.165, 1.54) is 59.2 Å². The molecule has 2 atom stereocenters. The Morgan fingerprint density at radius 1 is 0.581 bits per heavy atom. The van der Waals surface area contributed by atoms with Crippen LogP contribution in [-0.2, 0) is 0 Å². The molecule has 0 amide bonds. The highest BCUT2D eigenvalue weighted by Gasteiger charge is 2.08. The van der Waals surface area contributed by atoms with Gasteiger partial charge in [-0.05, 0) is 96.3 Å². The van der Waals surface area contributed by atoms with Gasteiger partial charge in [0.05, 0.1) is 8.88 Å². The van der Waals surface area contributed by atoms with Crippen molar-refractivity contribution >= 4 is 85.8 Å². The highest BCUT2D eigenvalue weighted by molar-refractivity contribution is 7.51. The van der Waals surface area contributed by atoms with Crippen molar-refractivity contribution in [3.63, 3.8) is 0 Å². The molecule has 0 saturated heterocycles. The molecule has 0 aliphatic carbocycles. The van der Waals surface area contributed by atoms with Gasteiger partial charge in [-0.25, -0.2) is 4.52 Å². The fourth-order valence-corrected chi connectivity index (χ4v) is 6.29. The van der Waals surface area contributed by atoms with Crippen LogP contribution in [0.2, 0.25) is 0 Å². The Bertz CT molecular complexity index is 1660. The third-order valence-corrected chi connectivity index (χ3v) is 7.83. The van der Waals surface area contributed by atoms with E-state index in [2.05, 4.69) is 110 Å². The predicted molar refractivity (Wildman–Crippen MR) is 144 cm³/mol. The average Bonchev–Trinajstić information content (AvgIpc) is 2.80. The average molecular weight is 452 g/mol. The highest BCUT2D eigenvalue weighted by atomic mass is 31.1. The Morgan fingerprint density at radius 2 is 1.16 bits per heavy atom. The number of benzene rings is 6. The molecule has 148 valence electrons. The molecule has 2 unspecified atom stereocenters. The van der Waals surface area contributed by atoms with Crippen LogP contribution in [0.1, 0.15) is 0 Å². The molecule has 0 aliphatic rings. The summed E-state index contributed by atoms with van der Waals surface area (Å²) in [6.45, 7) is 0. The Labute approximate surface area is 186 Å². The van der Waals surface area contributed by atoms with Gasteiger partial charge < -0.3 is 0 Å². The lowest BCUT2D eigenvalue weighted by Gasteiger charge is -2.10. The van der Waals surface area contributed by atoms with E-state index >= 15 is 0 Å². The number of nitrogens with one attached hydrogen (secondary N) is 1. The van der Waals surface area contributed by atoms with Crippen molar-refractivity contribution in [2.75, 3.05) is 0 Å². The second-order valence-corrected chi connectivity index (χ2v) is 10.6. The summed E-state index contributed by atoms with van der Waals surface area (Å²) < 4.78 is 4.59. The molecule has 0 radical (unpaired) electrons. The zero-order chi connectivity index (χ0) is 20.8. The molecule has 0 saturated carbocycles. The van der Waals surface area contributed by atoms with Crippen LogP contribution in [0.3, 0.4) is 0 Å². The Morgan fingerprint density at radius 3 is 1.90 bits per heavy atom. The van der Waals surface area contributed by atoms with Crippen LogP contribution in [0.15, 0.2) is 95.5 Å². The molecule has 0 aliphatic heterocycles. The van der Waals surface area contributed by atoms with Gasteiger partial charge in [-0.15, -0.1) is 0 Å². The summed E-state index contributed by atoms with van der Waals surface area (Å²) in [6, 6.07) is 33.5. The maximum atomic E-state index is 4.59. The van der Waals surface area contributed by atoms with E-state index in [0.717, 1.165) is 8.37 Å². The molecule has 0 spiro atoms. The van der Waals surface area contributed by atoms with Gasteiger partial charge in [-0.1, -0.05) is 57.9 Å². The Kier molecular flexibility index (Phi) is 4.91. The van der Waals surface area contributed by atoms with Crippen molar-refractivity contribution in [3.05, 3.63) is 91.0 Å². The van der Waals surface area contributed by atoms with Gasteiger partial charge in [-0.2, -0.15) is 0 Å². The van der Waals surface area contributed by atoms with Gasteiger partial charge in [0.1, 0.15) is 0 Å². The third-order valence-electron chi connectivity index (χ3n) is 5.91. The van der Waals surface area contributed by atoms with Gasteiger partial charge in [0.25, 0.3) is 0 Å². The van der Waals surface area contributed by atoms with Gasteiger partial charge in [0.15, 0.2) is 0 Å². The molecule has 0 bridgehead atoms. The molecule has 6 rings (SSSR count). The first kappa shape index (κ1) is 19.2. The van der Waals surface area contributed by atoms with Crippen LogP contribution < -0.4 is 10.2 Å². The normalized spacial score (nSPS) is 12.5. The summed E-state index contributed by atoms with van der Waals surface area (Å²) in [5, 5.41) is 14.1. The summed E-state index contributed by atoms with van der Waals surface area (Å²) in [4.78, 5) is 3.04. The van der Waals surface area contributed by atoms with Crippen molar-refractivity contribution in [2.45, 2.75) is 0 Å². The minimum atomic E-state index is 0.384. The van der Waals surface area contributed by atoms with Gasteiger partial charge >= 0.3 is 0 Å². The quantitative estimate of drug-likeness (QED) is 0.164. The van der Waals surface area contributed by atoms with Crippen LogP contribution in [0.5, 0.6) is 0 Å². The number of hydrogen-bond donors (Lipinski definition) is 1.